The van der Waals surface area contributed by atoms with Crippen molar-refractivity contribution >= 4 is 11.8 Å². The van der Waals surface area contributed by atoms with Crippen molar-refractivity contribution in [2.45, 2.75) is 12.8 Å². The van der Waals surface area contributed by atoms with Gasteiger partial charge >= 0.3 is 0 Å². The Labute approximate surface area is 66.0 Å². The summed E-state index contributed by atoms with van der Waals surface area (Å²) in [6.45, 7) is 0.899. The van der Waals surface area contributed by atoms with Crippen molar-refractivity contribution in [3.63, 3.8) is 0 Å². The van der Waals surface area contributed by atoms with Gasteiger partial charge in [-0.15, -0.1) is 11.8 Å². The second-order valence-electron chi connectivity index (χ2n) is 1.92. The molecular formula is C5H16N4S. The Morgan fingerprint density at radius 2 is 1.90 bits per heavy atom. The molecule has 0 rings (SSSR count). The molecule has 62 valence electrons. The van der Waals surface area contributed by atoms with Crippen LogP contribution in [0.5, 0.6) is 0 Å². The van der Waals surface area contributed by atoms with Crippen LogP contribution in [0.3, 0.4) is 0 Å². The molecule has 0 aromatic rings. The van der Waals surface area contributed by atoms with Crippen LogP contribution in [0.25, 0.3) is 0 Å². The lowest BCUT2D eigenvalue weighted by molar-refractivity contribution is 0.672. The van der Waals surface area contributed by atoms with Crippen molar-refractivity contribution in [3.8, 4) is 0 Å². The summed E-state index contributed by atoms with van der Waals surface area (Å²) in [5, 5.41) is 0. The topological polar surface area (TPSA) is 76.1 Å². The number of unbranched alkanes of at least 4 members (excludes halogenated alkanes) is 1. The van der Waals surface area contributed by atoms with E-state index in [2.05, 4.69) is 10.9 Å². The number of thioether (sulfide) groups is 1. The number of rotatable bonds is 7. The van der Waals surface area contributed by atoms with Crippen LogP contribution in [0.4, 0.5) is 0 Å². The normalized spacial score (nSPS) is 10.2. The van der Waals surface area contributed by atoms with Crippen LogP contribution in [-0.4, -0.2) is 18.2 Å². The Morgan fingerprint density at radius 1 is 1.10 bits per heavy atom. The number of hydrazine groups is 2. The highest BCUT2D eigenvalue weighted by atomic mass is 32.2. The van der Waals surface area contributed by atoms with E-state index in [1.54, 1.807) is 11.8 Å². The molecular weight excluding hydrogens is 148 g/mol. The van der Waals surface area contributed by atoms with E-state index < -0.39 is 0 Å². The number of nitrogens with two attached hydrogens (primary N) is 2. The van der Waals surface area contributed by atoms with Gasteiger partial charge in [-0.25, -0.2) is 0 Å². The van der Waals surface area contributed by atoms with Gasteiger partial charge in [-0.05, 0) is 18.6 Å². The van der Waals surface area contributed by atoms with E-state index in [4.69, 9.17) is 11.7 Å². The van der Waals surface area contributed by atoms with Crippen molar-refractivity contribution in [2.24, 2.45) is 11.7 Å². The second-order valence-corrected chi connectivity index (χ2v) is 3.02. The minimum atomic E-state index is 0.829. The lowest BCUT2D eigenvalue weighted by Crippen LogP contribution is -2.23. The third-order valence-corrected chi connectivity index (χ3v) is 1.99. The molecule has 0 saturated carbocycles. The zero-order valence-electron chi connectivity index (χ0n) is 6.10. The molecule has 0 fully saturated rings. The molecule has 0 saturated heterocycles. The summed E-state index contributed by atoms with van der Waals surface area (Å²) in [6, 6.07) is 0. The SMILES string of the molecule is NNCCCCSCNN. The molecule has 0 unspecified atom stereocenters. The van der Waals surface area contributed by atoms with Crippen molar-refractivity contribution in [3.05, 3.63) is 0 Å². The average Bonchev–Trinajstić information content (AvgIpc) is 1.97. The number of hydrogen-bond acceptors (Lipinski definition) is 5. The summed E-state index contributed by atoms with van der Waals surface area (Å²) in [5.74, 6) is 12.1. The standard InChI is InChI=1S/C5H16N4S/c6-8-3-1-2-4-10-5-9-7/h8-9H,1-7H2. The van der Waals surface area contributed by atoms with Crippen LogP contribution in [-0.2, 0) is 0 Å². The van der Waals surface area contributed by atoms with Crippen LogP contribution >= 0.6 is 11.8 Å². The molecule has 0 spiro atoms. The molecule has 0 aliphatic carbocycles. The predicted octanol–water partition coefficient (Wildman–Crippen LogP) is -0.616. The quantitative estimate of drug-likeness (QED) is 0.175. The zero-order valence-corrected chi connectivity index (χ0v) is 6.91. The van der Waals surface area contributed by atoms with Gasteiger partial charge in [0.15, 0.2) is 0 Å². The monoisotopic (exact) mass is 164 g/mol. The molecule has 5 heteroatoms. The van der Waals surface area contributed by atoms with Crippen LogP contribution < -0.4 is 22.5 Å². The van der Waals surface area contributed by atoms with Crippen LogP contribution in [0, 0.1) is 0 Å². The van der Waals surface area contributed by atoms with Gasteiger partial charge in [0.05, 0.1) is 5.88 Å². The van der Waals surface area contributed by atoms with Gasteiger partial charge in [0.2, 0.25) is 0 Å². The molecule has 0 heterocycles. The third-order valence-electron chi connectivity index (χ3n) is 1.05. The van der Waals surface area contributed by atoms with Crippen molar-refractivity contribution in [1.82, 2.24) is 10.9 Å². The maximum absolute atomic E-state index is 5.08. The van der Waals surface area contributed by atoms with Crippen molar-refractivity contribution in [2.75, 3.05) is 18.2 Å². The van der Waals surface area contributed by atoms with E-state index >= 15 is 0 Å². The van der Waals surface area contributed by atoms with Gasteiger partial charge in [0, 0.05) is 6.54 Å². The first-order chi connectivity index (χ1) is 4.91. The first-order valence-electron chi connectivity index (χ1n) is 3.36. The lowest BCUT2D eigenvalue weighted by Gasteiger charge is -1.99. The van der Waals surface area contributed by atoms with Gasteiger partial charge in [-0.3, -0.25) is 22.5 Å². The van der Waals surface area contributed by atoms with Gasteiger partial charge in [0.25, 0.3) is 0 Å². The molecule has 0 aliphatic rings. The number of nitrogens with one attached hydrogen (secondary N) is 2. The predicted molar refractivity (Wildman–Crippen MR) is 46.1 cm³/mol. The average molecular weight is 164 g/mol. The molecule has 0 bridgehead atoms. The van der Waals surface area contributed by atoms with E-state index in [0.29, 0.717) is 0 Å². The Kier molecular flexibility index (Phi) is 9.36. The van der Waals surface area contributed by atoms with Crippen LogP contribution in [0.15, 0.2) is 0 Å². The van der Waals surface area contributed by atoms with E-state index in [9.17, 15) is 0 Å². The van der Waals surface area contributed by atoms with Crippen molar-refractivity contribution < 1.29 is 0 Å². The highest BCUT2D eigenvalue weighted by Crippen LogP contribution is 2.00. The van der Waals surface area contributed by atoms with Crippen molar-refractivity contribution in [1.29, 1.82) is 0 Å². The maximum atomic E-state index is 5.08. The zero-order chi connectivity index (χ0) is 7.66. The Bertz CT molecular complexity index is 53.6. The molecule has 0 amide bonds. The van der Waals surface area contributed by atoms with Crippen LogP contribution in [0.1, 0.15) is 12.8 Å². The van der Waals surface area contributed by atoms with E-state index in [0.717, 1.165) is 24.6 Å². The molecule has 0 aromatic heterocycles. The summed E-state index contributed by atoms with van der Waals surface area (Å²) < 4.78 is 0. The molecule has 0 radical (unpaired) electrons. The fourth-order valence-corrected chi connectivity index (χ4v) is 1.23. The Balaban J connectivity index is 2.65. The summed E-state index contributed by atoms with van der Waals surface area (Å²) >= 11 is 1.80. The minimum Gasteiger partial charge on any atom is -0.271 e. The number of hydrogen-bond donors (Lipinski definition) is 4. The molecule has 0 atom stereocenters. The maximum Gasteiger partial charge on any atom is 0.0554 e. The molecule has 6 N–H and O–H groups in total. The van der Waals surface area contributed by atoms with Gasteiger partial charge < -0.3 is 0 Å². The van der Waals surface area contributed by atoms with E-state index in [1.807, 2.05) is 0 Å². The highest BCUT2D eigenvalue weighted by molar-refractivity contribution is 7.99. The molecule has 0 aromatic carbocycles. The van der Waals surface area contributed by atoms with Gasteiger partial charge in [-0.1, -0.05) is 0 Å². The lowest BCUT2D eigenvalue weighted by atomic mass is 10.3. The smallest absolute Gasteiger partial charge is 0.0554 e. The first-order valence-corrected chi connectivity index (χ1v) is 4.52. The highest BCUT2D eigenvalue weighted by Gasteiger charge is 1.87. The molecule has 10 heavy (non-hydrogen) atoms. The first kappa shape index (κ1) is 10.2. The van der Waals surface area contributed by atoms with Gasteiger partial charge in [0.1, 0.15) is 0 Å². The summed E-state index contributed by atoms with van der Waals surface area (Å²) in [7, 11) is 0. The Hall–Kier alpha value is 0.190. The van der Waals surface area contributed by atoms with E-state index in [-0.39, 0.29) is 0 Å². The minimum absolute atomic E-state index is 0.829. The van der Waals surface area contributed by atoms with Gasteiger partial charge in [-0.2, -0.15) is 0 Å². The third kappa shape index (κ3) is 8.19. The molecule has 0 aliphatic heterocycles. The summed E-state index contributed by atoms with van der Waals surface area (Å²) in [6.07, 6.45) is 2.32. The molecule has 4 nitrogen and oxygen atoms in total. The van der Waals surface area contributed by atoms with E-state index in [1.165, 1.54) is 6.42 Å². The fraction of sp³-hybridized carbons (Fsp3) is 1.00. The summed E-state index contributed by atoms with van der Waals surface area (Å²) in [5.41, 5.74) is 5.19. The van der Waals surface area contributed by atoms with Crippen LogP contribution in [0.2, 0.25) is 0 Å². The summed E-state index contributed by atoms with van der Waals surface area (Å²) in [4.78, 5) is 0. The largest absolute Gasteiger partial charge is 0.271 e. The second kappa shape index (κ2) is 9.19. The Morgan fingerprint density at radius 3 is 2.50 bits per heavy atom. The fourth-order valence-electron chi connectivity index (χ4n) is 0.562.